The van der Waals surface area contributed by atoms with E-state index in [2.05, 4.69) is 53.2 Å². The number of nitrogens with two attached hydrogens (primary N) is 1. The van der Waals surface area contributed by atoms with Gasteiger partial charge in [0, 0.05) is 4.47 Å². The van der Waals surface area contributed by atoms with E-state index in [-0.39, 0.29) is 0 Å². The number of aryl methyl sites for hydroxylation is 1. The van der Waals surface area contributed by atoms with Gasteiger partial charge in [0.25, 0.3) is 0 Å². The zero-order chi connectivity index (χ0) is 14.5. The summed E-state index contributed by atoms with van der Waals surface area (Å²) in [6.45, 7) is 5.44. The van der Waals surface area contributed by atoms with E-state index in [1.54, 1.807) is 0 Å². The van der Waals surface area contributed by atoms with Gasteiger partial charge in [0.2, 0.25) is 0 Å². The zero-order valence-electron chi connectivity index (χ0n) is 11.9. The lowest BCUT2D eigenvalue weighted by Gasteiger charge is -2.12. The second kappa shape index (κ2) is 6.91. The van der Waals surface area contributed by atoms with E-state index in [0.717, 1.165) is 15.8 Å². The van der Waals surface area contributed by atoms with Gasteiger partial charge in [0.15, 0.2) is 0 Å². The molecule has 0 aliphatic rings. The Morgan fingerprint density at radius 2 is 1.85 bits per heavy atom. The molecule has 1 atom stereocenters. The van der Waals surface area contributed by atoms with Crippen molar-refractivity contribution in [1.29, 1.82) is 0 Å². The second-order valence-corrected chi connectivity index (χ2v) is 5.99. The summed E-state index contributed by atoms with van der Waals surface area (Å²) in [7, 11) is 0. The predicted molar refractivity (Wildman–Crippen MR) is 87.1 cm³/mol. The molecule has 0 aromatic heterocycles. The van der Waals surface area contributed by atoms with E-state index in [1.807, 2.05) is 19.1 Å². The summed E-state index contributed by atoms with van der Waals surface area (Å²) in [5, 5.41) is 0. The lowest BCUT2D eigenvalue weighted by atomic mass is 10.0. The Hall–Kier alpha value is -1.32. The third-order valence-corrected chi connectivity index (χ3v) is 3.93. The molecular weight excluding hydrogens is 314 g/mol. The molecule has 1 unspecified atom stereocenters. The quantitative estimate of drug-likeness (QED) is 0.880. The molecule has 0 spiro atoms. The summed E-state index contributed by atoms with van der Waals surface area (Å²) in [6.07, 6.45) is 0. The van der Waals surface area contributed by atoms with Crippen LogP contribution in [0.25, 0.3) is 0 Å². The van der Waals surface area contributed by atoms with Crippen molar-refractivity contribution in [2.75, 3.05) is 6.54 Å². The molecular formula is C17H20BrNO. The summed E-state index contributed by atoms with van der Waals surface area (Å²) in [6, 6.07) is 14.5. The van der Waals surface area contributed by atoms with Crippen LogP contribution in [0.4, 0.5) is 0 Å². The molecule has 0 heterocycles. The molecule has 0 aliphatic heterocycles. The van der Waals surface area contributed by atoms with E-state index in [4.69, 9.17) is 10.5 Å². The van der Waals surface area contributed by atoms with Crippen LogP contribution in [0.15, 0.2) is 46.9 Å². The largest absolute Gasteiger partial charge is 0.489 e. The fourth-order valence-corrected chi connectivity index (χ4v) is 2.49. The lowest BCUT2D eigenvalue weighted by molar-refractivity contribution is 0.304. The highest BCUT2D eigenvalue weighted by molar-refractivity contribution is 9.10. The minimum Gasteiger partial charge on any atom is -0.489 e. The topological polar surface area (TPSA) is 35.2 Å². The average Bonchev–Trinajstić information content (AvgIpc) is 2.46. The first-order chi connectivity index (χ1) is 9.60. The van der Waals surface area contributed by atoms with Crippen molar-refractivity contribution in [2.24, 2.45) is 5.73 Å². The highest BCUT2D eigenvalue weighted by Crippen LogP contribution is 2.23. The highest BCUT2D eigenvalue weighted by Gasteiger charge is 2.04. The van der Waals surface area contributed by atoms with E-state index < -0.39 is 0 Å². The van der Waals surface area contributed by atoms with Crippen LogP contribution in [-0.4, -0.2) is 6.54 Å². The minimum absolute atomic E-state index is 0.402. The van der Waals surface area contributed by atoms with Crippen molar-refractivity contribution in [1.82, 2.24) is 0 Å². The van der Waals surface area contributed by atoms with Gasteiger partial charge < -0.3 is 10.5 Å². The van der Waals surface area contributed by atoms with Crippen LogP contribution < -0.4 is 10.5 Å². The molecule has 0 aliphatic carbocycles. The summed E-state index contributed by atoms with van der Waals surface area (Å²) >= 11 is 3.45. The Labute approximate surface area is 129 Å². The molecule has 0 amide bonds. The maximum atomic E-state index is 5.86. The van der Waals surface area contributed by atoms with Crippen molar-refractivity contribution >= 4 is 15.9 Å². The van der Waals surface area contributed by atoms with Gasteiger partial charge >= 0.3 is 0 Å². The van der Waals surface area contributed by atoms with Gasteiger partial charge in [-0.25, -0.2) is 0 Å². The zero-order valence-corrected chi connectivity index (χ0v) is 13.5. The Balaban J connectivity index is 2.00. The van der Waals surface area contributed by atoms with Crippen molar-refractivity contribution in [3.05, 3.63) is 63.6 Å². The smallest absolute Gasteiger partial charge is 0.122 e. The van der Waals surface area contributed by atoms with Crippen LogP contribution in [0.2, 0.25) is 0 Å². The van der Waals surface area contributed by atoms with Crippen molar-refractivity contribution in [3.8, 4) is 5.75 Å². The summed E-state index contributed by atoms with van der Waals surface area (Å²) in [5.74, 6) is 1.33. The Bertz CT molecular complexity index is 566. The van der Waals surface area contributed by atoms with Crippen LogP contribution >= 0.6 is 15.9 Å². The lowest BCUT2D eigenvalue weighted by Crippen LogP contribution is -2.08. The average molecular weight is 334 g/mol. The van der Waals surface area contributed by atoms with E-state index in [1.165, 1.54) is 11.1 Å². The van der Waals surface area contributed by atoms with Gasteiger partial charge in [0.05, 0.1) is 0 Å². The Morgan fingerprint density at radius 3 is 2.45 bits per heavy atom. The first-order valence-corrected chi connectivity index (χ1v) is 7.57. The molecule has 0 saturated heterocycles. The molecule has 2 aromatic carbocycles. The molecule has 2 aromatic rings. The first kappa shape index (κ1) is 15.1. The molecule has 2 N–H and O–H groups in total. The van der Waals surface area contributed by atoms with Gasteiger partial charge in [-0.2, -0.15) is 0 Å². The highest BCUT2D eigenvalue weighted by atomic mass is 79.9. The van der Waals surface area contributed by atoms with Crippen molar-refractivity contribution < 1.29 is 4.74 Å². The molecule has 0 radical (unpaired) electrons. The van der Waals surface area contributed by atoms with Crippen LogP contribution in [0.3, 0.4) is 0 Å². The van der Waals surface area contributed by atoms with E-state index in [9.17, 15) is 0 Å². The molecule has 106 valence electrons. The van der Waals surface area contributed by atoms with Gasteiger partial charge in [-0.05, 0) is 54.3 Å². The maximum Gasteiger partial charge on any atom is 0.122 e. The monoisotopic (exact) mass is 333 g/mol. The summed E-state index contributed by atoms with van der Waals surface area (Å²) in [4.78, 5) is 0. The molecule has 2 rings (SSSR count). The van der Waals surface area contributed by atoms with Crippen molar-refractivity contribution in [3.63, 3.8) is 0 Å². The third kappa shape index (κ3) is 3.84. The normalized spacial score (nSPS) is 12.2. The first-order valence-electron chi connectivity index (χ1n) is 6.78. The standard InChI is InChI=1S/C17H20BrNO/c1-12-9-16(18)7-8-17(12)20-11-14-3-5-15(6-4-14)13(2)10-19/h3-9,13H,10-11,19H2,1-2H3. The molecule has 0 saturated carbocycles. The summed E-state index contributed by atoms with van der Waals surface area (Å²) < 4.78 is 6.93. The number of benzene rings is 2. The number of hydrogen-bond donors (Lipinski definition) is 1. The molecule has 2 nitrogen and oxygen atoms in total. The van der Waals surface area contributed by atoms with E-state index in [0.29, 0.717) is 19.1 Å². The van der Waals surface area contributed by atoms with Crippen molar-refractivity contribution in [2.45, 2.75) is 26.4 Å². The number of ether oxygens (including phenoxy) is 1. The molecule has 3 heteroatoms. The molecule has 0 bridgehead atoms. The SMILES string of the molecule is Cc1cc(Br)ccc1OCc1ccc(C(C)CN)cc1. The number of rotatable bonds is 5. The van der Waals surface area contributed by atoms with Gasteiger partial charge in [-0.1, -0.05) is 47.1 Å². The maximum absolute atomic E-state index is 5.86. The fourth-order valence-electron chi connectivity index (χ4n) is 2.01. The second-order valence-electron chi connectivity index (χ2n) is 5.08. The Morgan fingerprint density at radius 1 is 1.15 bits per heavy atom. The third-order valence-electron chi connectivity index (χ3n) is 3.43. The summed E-state index contributed by atoms with van der Waals surface area (Å²) in [5.41, 5.74) is 9.25. The number of hydrogen-bond acceptors (Lipinski definition) is 2. The van der Waals surface area contributed by atoms with Crippen LogP contribution in [-0.2, 0) is 6.61 Å². The van der Waals surface area contributed by atoms with Gasteiger partial charge in [-0.3, -0.25) is 0 Å². The van der Waals surface area contributed by atoms with Crippen LogP contribution in [0.5, 0.6) is 5.75 Å². The predicted octanol–water partition coefficient (Wildman–Crippen LogP) is 4.40. The Kier molecular flexibility index (Phi) is 5.21. The molecule has 20 heavy (non-hydrogen) atoms. The molecule has 0 fully saturated rings. The van der Waals surface area contributed by atoms with Crippen LogP contribution in [0, 0.1) is 6.92 Å². The van der Waals surface area contributed by atoms with E-state index >= 15 is 0 Å². The minimum atomic E-state index is 0.402. The van der Waals surface area contributed by atoms with Crippen LogP contribution in [0.1, 0.15) is 29.5 Å². The van der Waals surface area contributed by atoms with Gasteiger partial charge in [0.1, 0.15) is 12.4 Å². The van der Waals surface area contributed by atoms with Gasteiger partial charge in [-0.15, -0.1) is 0 Å². The fraction of sp³-hybridized carbons (Fsp3) is 0.294. The number of halogens is 1.